The molecule has 4 N–H and O–H groups in total. The molecule has 0 aliphatic heterocycles. The van der Waals surface area contributed by atoms with Crippen LogP contribution < -0.4 is 11.6 Å². The van der Waals surface area contributed by atoms with E-state index in [1.807, 2.05) is 0 Å². The number of nitrogens with zero attached hydrogens (tertiary/aromatic N) is 1. The number of nitrogens with two attached hydrogens (primary N) is 2. The number of rotatable bonds is 2. The van der Waals surface area contributed by atoms with Crippen molar-refractivity contribution in [1.29, 1.82) is 0 Å². The fourth-order valence-electron chi connectivity index (χ4n) is 0.226. The topological polar surface area (TPSA) is 73.6 Å². The van der Waals surface area contributed by atoms with Gasteiger partial charge in [0.15, 0.2) is 0 Å². The molecule has 1 atom stereocenters. The van der Waals surface area contributed by atoms with Gasteiger partial charge in [-0.1, -0.05) is 0 Å². The molecule has 0 aliphatic rings. The summed E-state index contributed by atoms with van der Waals surface area (Å²) >= 11 is 0. The second-order valence-electron chi connectivity index (χ2n) is 1.43. The van der Waals surface area contributed by atoms with Gasteiger partial charge in [-0.05, 0) is 6.92 Å². The zero-order valence-corrected chi connectivity index (χ0v) is 5.09. The Morgan fingerprint density at radius 3 is 2.38 bits per heavy atom. The van der Waals surface area contributed by atoms with Gasteiger partial charge < -0.3 is 16.3 Å². The fourth-order valence-corrected chi connectivity index (χ4v) is 0.226. The van der Waals surface area contributed by atoms with E-state index in [0.29, 0.717) is 5.84 Å². The van der Waals surface area contributed by atoms with Crippen LogP contribution in [0.4, 0.5) is 0 Å². The third-order valence-electron chi connectivity index (χ3n) is 0.919. The zero-order valence-electron chi connectivity index (χ0n) is 5.09. The van der Waals surface area contributed by atoms with Gasteiger partial charge in [0, 0.05) is 7.11 Å². The number of amidine groups is 1. The standard InChI is InChI=1S/C4H11N3O/c1-3(8-2)4(5)7-6/h3H,6H2,1-2H3,(H2,5,7). The number of hydrogen-bond donors (Lipinski definition) is 2. The molecule has 0 radical (unpaired) electrons. The van der Waals surface area contributed by atoms with Gasteiger partial charge in [-0.2, -0.15) is 5.10 Å². The predicted octanol–water partition coefficient (Wildman–Crippen LogP) is -0.748. The highest BCUT2D eigenvalue weighted by Crippen LogP contribution is 1.83. The molecule has 4 heteroatoms. The van der Waals surface area contributed by atoms with Gasteiger partial charge in [-0.15, -0.1) is 0 Å². The minimum absolute atomic E-state index is 0.181. The smallest absolute Gasteiger partial charge is 0.148 e. The molecule has 0 spiro atoms. The summed E-state index contributed by atoms with van der Waals surface area (Å²) in [5.74, 6) is 5.14. The van der Waals surface area contributed by atoms with E-state index >= 15 is 0 Å². The Labute approximate surface area is 48.5 Å². The average molecular weight is 117 g/mol. The molecule has 8 heavy (non-hydrogen) atoms. The van der Waals surface area contributed by atoms with Gasteiger partial charge in [0.25, 0.3) is 0 Å². The maximum atomic E-state index is 5.23. The number of methoxy groups -OCH3 is 1. The summed E-state index contributed by atoms with van der Waals surface area (Å²) in [4.78, 5) is 0. The highest BCUT2D eigenvalue weighted by Gasteiger charge is 2.01. The average Bonchev–Trinajstić information content (AvgIpc) is 1.84. The summed E-state index contributed by atoms with van der Waals surface area (Å²) in [7, 11) is 1.54. The van der Waals surface area contributed by atoms with Crippen LogP contribution in [0.3, 0.4) is 0 Å². The maximum Gasteiger partial charge on any atom is 0.148 e. The molecule has 0 aromatic heterocycles. The molecule has 0 heterocycles. The monoisotopic (exact) mass is 117 g/mol. The number of hydrazone groups is 1. The Balaban J connectivity index is 3.63. The Bertz CT molecular complexity index is 91.3. The first-order valence-corrected chi connectivity index (χ1v) is 2.28. The predicted molar refractivity (Wildman–Crippen MR) is 32.3 cm³/mol. The van der Waals surface area contributed by atoms with Crippen LogP contribution in [0.25, 0.3) is 0 Å². The van der Waals surface area contributed by atoms with Crippen LogP contribution in [0.2, 0.25) is 0 Å². The van der Waals surface area contributed by atoms with Gasteiger partial charge in [0.2, 0.25) is 0 Å². The molecule has 0 aromatic rings. The molecule has 0 saturated heterocycles. The molecular formula is C4H11N3O. The molecule has 0 saturated carbocycles. The molecule has 48 valence electrons. The summed E-state index contributed by atoms with van der Waals surface area (Å²) < 4.78 is 4.77. The molecule has 0 aliphatic carbocycles. The van der Waals surface area contributed by atoms with Crippen molar-refractivity contribution in [3.8, 4) is 0 Å². The lowest BCUT2D eigenvalue weighted by molar-refractivity contribution is 0.169. The van der Waals surface area contributed by atoms with E-state index in [1.54, 1.807) is 14.0 Å². The Kier molecular flexibility index (Phi) is 2.95. The summed E-state index contributed by atoms with van der Waals surface area (Å²) in [6.45, 7) is 1.77. The molecule has 0 rings (SSSR count). The van der Waals surface area contributed by atoms with Gasteiger partial charge in [0.1, 0.15) is 11.9 Å². The second kappa shape index (κ2) is 3.26. The van der Waals surface area contributed by atoms with Crippen molar-refractivity contribution in [2.75, 3.05) is 7.11 Å². The van der Waals surface area contributed by atoms with Crippen LogP contribution in [0.15, 0.2) is 5.10 Å². The lowest BCUT2D eigenvalue weighted by atomic mass is 10.4. The van der Waals surface area contributed by atoms with Crippen LogP contribution in [0.1, 0.15) is 6.92 Å². The quantitative estimate of drug-likeness (QED) is 0.216. The van der Waals surface area contributed by atoms with Crippen LogP contribution in [-0.2, 0) is 4.74 Å². The molecule has 0 aromatic carbocycles. The third-order valence-corrected chi connectivity index (χ3v) is 0.919. The van der Waals surface area contributed by atoms with Gasteiger partial charge in [-0.25, -0.2) is 0 Å². The van der Waals surface area contributed by atoms with Crippen molar-refractivity contribution < 1.29 is 4.74 Å². The largest absolute Gasteiger partial charge is 0.384 e. The van der Waals surface area contributed by atoms with Crippen molar-refractivity contribution >= 4 is 5.84 Å². The van der Waals surface area contributed by atoms with Crippen LogP contribution in [-0.4, -0.2) is 19.0 Å². The van der Waals surface area contributed by atoms with Crippen molar-refractivity contribution in [1.82, 2.24) is 0 Å². The molecule has 0 bridgehead atoms. The van der Waals surface area contributed by atoms with Crippen molar-refractivity contribution in [2.24, 2.45) is 16.7 Å². The normalized spacial score (nSPS) is 16.0. The molecule has 0 fully saturated rings. The number of ether oxygens (including phenoxy) is 1. The van der Waals surface area contributed by atoms with Gasteiger partial charge >= 0.3 is 0 Å². The minimum atomic E-state index is -0.181. The van der Waals surface area contributed by atoms with Crippen molar-refractivity contribution in [3.63, 3.8) is 0 Å². The minimum Gasteiger partial charge on any atom is -0.384 e. The van der Waals surface area contributed by atoms with E-state index in [1.165, 1.54) is 0 Å². The third kappa shape index (κ3) is 1.79. The summed E-state index contributed by atoms with van der Waals surface area (Å²) in [5.41, 5.74) is 5.23. The lowest BCUT2D eigenvalue weighted by Crippen LogP contribution is -2.28. The first kappa shape index (κ1) is 7.23. The molecule has 1 unspecified atom stereocenters. The van der Waals surface area contributed by atoms with E-state index in [4.69, 9.17) is 16.3 Å². The summed E-state index contributed by atoms with van der Waals surface area (Å²) in [5, 5.41) is 3.23. The highest BCUT2D eigenvalue weighted by atomic mass is 16.5. The van der Waals surface area contributed by atoms with Crippen LogP contribution in [0, 0.1) is 0 Å². The fraction of sp³-hybridized carbons (Fsp3) is 0.750. The summed E-state index contributed by atoms with van der Waals surface area (Å²) in [6.07, 6.45) is -0.181. The molecule has 0 amide bonds. The number of hydrogen-bond acceptors (Lipinski definition) is 3. The first-order valence-electron chi connectivity index (χ1n) is 2.28. The first-order chi connectivity index (χ1) is 3.72. The SMILES string of the molecule is COC(C)/C(N)=N/N. The van der Waals surface area contributed by atoms with E-state index in [2.05, 4.69) is 5.10 Å². The van der Waals surface area contributed by atoms with E-state index in [9.17, 15) is 0 Å². The van der Waals surface area contributed by atoms with Crippen LogP contribution >= 0.6 is 0 Å². The highest BCUT2D eigenvalue weighted by molar-refractivity contribution is 5.84. The Hall–Kier alpha value is -0.770. The second-order valence-corrected chi connectivity index (χ2v) is 1.43. The molecule has 4 nitrogen and oxygen atoms in total. The van der Waals surface area contributed by atoms with E-state index < -0.39 is 0 Å². The molecular weight excluding hydrogens is 106 g/mol. The van der Waals surface area contributed by atoms with Gasteiger partial charge in [-0.3, -0.25) is 0 Å². The Morgan fingerprint density at radius 1 is 1.75 bits per heavy atom. The van der Waals surface area contributed by atoms with Crippen molar-refractivity contribution in [3.05, 3.63) is 0 Å². The lowest BCUT2D eigenvalue weighted by Gasteiger charge is -2.05. The van der Waals surface area contributed by atoms with E-state index in [-0.39, 0.29) is 6.10 Å². The Morgan fingerprint density at radius 2 is 2.25 bits per heavy atom. The maximum absolute atomic E-state index is 5.23. The summed E-state index contributed by atoms with van der Waals surface area (Å²) in [6, 6.07) is 0. The zero-order chi connectivity index (χ0) is 6.57. The van der Waals surface area contributed by atoms with Crippen LogP contribution in [0.5, 0.6) is 0 Å². The van der Waals surface area contributed by atoms with Gasteiger partial charge in [0.05, 0.1) is 0 Å². The van der Waals surface area contributed by atoms with Crippen molar-refractivity contribution in [2.45, 2.75) is 13.0 Å². The van der Waals surface area contributed by atoms with E-state index in [0.717, 1.165) is 0 Å².